The lowest BCUT2D eigenvalue weighted by molar-refractivity contribution is -0.245. The van der Waals surface area contributed by atoms with Crippen LogP contribution in [0.2, 0.25) is 0 Å². The van der Waals surface area contributed by atoms with Crippen LogP contribution in [0.25, 0.3) is 0 Å². The van der Waals surface area contributed by atoms with Crippen molar-refractivity contribution in [1.29, 1.82) is 5.41 Å². The van der Waals surface area contributed by atoms with Gasteiger partial charge in [-0.15, -0.1) is 0 Å². The number of ether oxygens (including phenoxy) is 4. The summed E-state index contributed by atoms with van der Waals surface area (Å²) in [6.45, 7) is 4.99. The van der Waals surface area contributed by atoms with Gasteiger partial charge in [-0.25, -0.2) is 0 Å². The minimum absolute atomic E-state index is 0.0662. The normalized spacial score (nSPS) is 25.1. The van der Waals surface area contributed by atoms with Crippen molar-refractivity contribution >= 4 is 5.90 Å². The van der Waals surface area contributed by atoms with Gasteiger partial charge < -0.3 is 18.9 Å². The number of hydrogen-bond acceptors (Lipinski definition) is 5. The van der Waals surface area contributed by atoms with Gasteiger partial charge in [0.2, 0.25) is 6.29 Å². The topological polar surface area (TPSA) is 60.8 Å². The van der Waals surface area contributed by atoms with E-state index in [-0.39, 0.29) is 24.0 Å². The van der Waals surface area contributed by atoms with Crippen molar-refractivity contribution in [1.82, 2.24) is 0 Å². The molecule has 4 atom stereocenters. The second-order valence-electron chi connectivity index (χ2n) is 6.83. The highest BCUT2D eigenvalue weighted by molar-refractivity contribution is 5.69. The molecule has 0 amide bonds. The lowest BCUT2D eigenvalue weighted by Crippen LogP contribution is -2.51. The molecule has 144 valence electrons. The first-order chi connectivity index (χ1) is 13.1. The van der Waals surface area contributed by atoms with Gasteiger partial charge in [0, 0.05) is 12.8 Å². The fourth-order valence-electron chi connectivity index (χ4n) is 3.19. The van der Waals surface area contributed by atoms with Gasteiger partial charge in [-0.3, -0.25) is 5.41 Å². The summed E-state index contributed by atoms with van der Waals surface area (Å²) in [5.41, 5.74) is 2.22. The van der Waals surface area contributed by atoms with E-state index in [1.807, 2.05) is 67.6 Å². The van der Waals surface area contributed by atoms with E-state index in [1.165, 1.54) is 0 Å². The highest BCUT2D eigenvalue weighted by Gasteiger charge is 2.40. The van der Waals surface area contributed by atoms with E-state index in [1.54, 1.807) is 6.92 Å². The minimum atomic E-state index is -0.500. The van der Waals surface area contributed by atoms with Gasteiger partial charge in [-0.1, -0.05) is 67.6 Å². The molecule has 0 aromatic heterocycles. The highest BCUT2D eigenvalue weighted by Crippen LogP contribution is 2.28. The van der Waals surface area contributed by atoms with Crippen molar-refractivity contribution in [3.63, 3.8) is 0 Å². The molecule has 1 N–H and O–H groups in total. The summed E-state index contributed by atoms with van der Waals surface area (Å²) < 4.78 is 23.7. The zero-order chi connectivity index (χ0) is 19.1. The Kier molecular flexibility index (Phi) is 6.98. The maximum atomic E-state index is 7.59. The molecule has 5 heteroatoms. The summed E-state index contributed by atoms with van der Waals surface area (Å²) in [5.74, 6) is 0.0702. The zero-order valence-corrected chi connectivity index (χ0v) is 15.8. The predicted molar refractivity (Wildman–Crippen MR) is 103 cm³/mol. The van der Waals surface area contributed by atoms with Crippen molar-refractivity contribution in [2.24, 2.45) is 5.92 Å². The maximum Gasteiger partial charge on any atom is 0.206 e. The molecule has 3 unspecified atom stereocenters. The molecule has 0 aliphatic carbocycles. The first kappa shape index (κ1) is 19.5. The van der Waals surface area contributed by atoms with Gasteiger partial charge in [0.1, 0.15) is 6.10 Å². The Balaban J connectivity index is 1.66. The molecule has 2 aromatic rings. The third-order valence-corrected chi connectivity index (χ3v) is 4.62. The van der Waals surface area contributed by atoms with Crippen LogP contribution >= 0.6 is 0 Å². The Bertz CT molecular complexity index is 707. The van der Waals surface area contributed by atoms with Gasteiger partial charge in [-0.2, -0.15) is 0 Å². The van der Waals surface area contributed by atoms with Crippen molar-refractivity contribution in [3.8, 4) is 0 Å². The summed E-state index contributed by atoms with van der Waals surface area (Å²) in [6.07, 6.45) is -0.887. The number of nitrogens with one attached hydrogen (secondary N) is 1. The van der Waals surface area contributed by atoms with E-state index < -0.39 is 6.29 Å². The van der Waals surface area contributed by atoms with E-state index in [9.17, 15) is 0 Å². The van der Waals surface area contributed by atoms with Crippen molar-refractivity contribution < 1.29 is 18.9 Å². The van der Waals surface area contributed by atoms with Gasteiger partial charge in [-0.05, 0) is 11.1 Å². The third kappa shape index (κ3) is 5.63. The molecule has 0 radical (unpaired) electrons. The van der Waals surface area contributed by atoms with Crippen LogP contribution in [0, 0.1) is 11.3 Å². The largest absolute Gasteiger partial charge is 0.452 e. The van der Waals surface area contributed by atoms with E-state index >= 15 is 0 Å². The summed E-state index contributed by atoms with van der Waals surface area (Å²) >= 11 is 0. The molecule has 0 spiro atoms. The third-order valence-electron chi connectivity index (χ3n) is 4.62. The molecule has 27 heavy (non-hydrogen) atoms. The van der Waals surface area contributed by atoms with Crippen molar-refractivity contribution in [2.45, 2.75) is 45.6 Å². The molecule has 2 aromatic carbocycles. The Morgan fingerprint density at radius 1 is 0.963 bits per heavy atom. The fourth-order valence-corrected chi connectivity index (χ4v) is 3.19. The number of hydrogen-bond donors (Lipinski definition) is 1. The van der Waals surface area contributed by atoms with Crippen LogP contribution < -0.4 is 0 Å². The van der Waals surface area contributed by atoms with Crippen LogP contribution in [0.4, 0.5) is 0 Å². The standard InChI is InChI=1S/C22H27NO4/c1-16-21(25-14-19-11-7-4-8-12-19)20(15-26-22(16)27-17(2)23)24-13-18-9-5-3-6-10-18/h3-12,16,20-23H,13-15H2,1-2H3/t16?,20-,21?,22?/m1/s1. The molecule has 3 rings (SSSR count). The molecule has 1 fully saturated rings. The first-order valence-corrected chi connectivity index (χ1v) is 9.28. The van der Waals surface area contributed by atoms with Crippen LogP contribution in [-0.4, -0.2) is 31.0 Å². The van der Waals surface area contributed by atoms with Gasteiger partial charge in [0.25, 0.3) is 0 Å². The summed E-state index contributed by atoms with van der Waals surface area (Å²) in [4.78, 5) is 0. The predicted octanol–water partition coefficient (Wildman–Crippen LogP) is 4.16. The molecule has 5 nitrogen and oxygen atoms in total. The zero-order valence-electron chi connectivity index (χ0n) is 15.8. The Morgan fingerprint density at radius 3 is 2.07 bits per heavy atom. The van der Waals surface area contributed by atoms with Crippen LogP contribution in [0.3, 0.4) is 0 Å². The maximum absolute atomic E-state index is 7.59. The van der Waals surface area contributed by atoms with Crippen LogP contribution in [-0.2, 0) is 32.2 Å². The monoisotopic (exact) mass is 369 g/mol. The quantitative estimate of drug-likeness (QED) is 0.588. The summed E-state index contributed by atoms with van der Waals surface area (Å²) in [5, 5.41) is 7.59. The van der Waals surface area contributed by atoms with Gasteiger partial charge in [0.15, 0.2) is 5.90 Å². The molecule has 1 heterocycles. The SMILES string of the molecule is CC(=N)OC1OC[C@@H](OCc2ccccc2)C(OCc2ccccc2)C1C. The molecule has 0 bridgehead atoms. The molecule has 1 aliphatic rings. The summed E-state index contributed by atoms with van der Waals surface area (Å²) in [7, 11) is 0. The highest BCUT2D eigenvalue weighted by atomic mass is 16.7. The molecular weight excluding hydrogens is 342 g/mol. The average molecular weight is 369 g/mol. The smallest absolute Gasteiger partial charge is 0.206 e. The lowest BCUT2D eigenvalue weighted by atomic mass is 9.96. The van der Waals surface area contributed by atoms with E-state index in [0.29, 0.717) is 19.8 Å². The summed E-state index contributed by atoms with van der Waals surface area (Å²) in [6, 6.07) is 20.1. The van der Waals surface area contributed by atoms with E-state index in [2.05, 4.69) is 0 Å². The Labute approximate surface area is 160 Å². The number of benzene rings is 2. The molecule has 1 aliphatic heterocycles. The lowest BCUT2D eigenvalue weighted by Gasteiger charge is -2.40. The number of rotatable bonds is 7. The fraction of sp³-hybridized carbons (Fsp3) is 0.409. The average Bonchev–Trinajstić information content (AvgIpc) is 2.69. The molecular formula is C22H27NO4. The van der Waals surface area contributed by atoms with Crippen LogP contribution in [0.5, 0.6) is 0 Å². The Morgan fingerprint density at radius 2 is 1.52 bits per heavy atom. The van der Waals surface area contributed by atoms with Crippen LogP contribution in [0.15, 0.2) is 60.7 Å². The second kappa shape index (κ2) is 9.65. The first-order valence-electron chi connectivity index (χ1n) is 9.28. The second-order valence-corrected chi connectivity index (χ2v) is 6.83. The van der Waals surface area contributed by atoms with E-state index in [0.717, 1.165) is 11.1 Å². The minimum Gasteiger partial charge on any atom is -0.452 e. The van der Waals surface area contributed by atoms with Crippen LogP contribution in [0.1, 0.15) is 25.0 Å². The van der Waals surface area contributed by atoms with Crippen molar-refractivity contribution in [3.05, 3.63) is 71.8 Å². The molecule has 1 saturated heterocycles. The van der Waals surface area contributed by atoms with Crippen molar-refractivity contribution in [2.75, 3.05) is 6.61 Å². The molecule has 0 saturated carbocycles. The van der Waals surface area contributed by atoms with Gasteiger partial charge >= 0.3 is 0 Å². The van der Waals surface area contributed by atoms with Gasteiger partial charge in [0.05, 0.1) is 25.9 Å². The Hall–Kier alpha value is -2.21. The van der Waals surface area contributed by atoms with E-state index in [4.69, 9.17) is 24.4 Å².